The zero-order chi connectivity index (χ0) is 15.1. The molecule has 4 heteroatoms. The van der Waals surface area contributed by atoms with Crippen LogP contribution in [-0.2, 0) is 9.53 Å². The second-order valence-electron chi connectivity index (χ2n) is 5.71. The Hall–Kier alpha value is -1.06. The molecule has 1 amide bonds. The van der Waals surface area contributed by atoms with Gasteiger partial charge in [0, 0.05) is 25.3 Å². The lowest BCUT2D eigenvalue weighted by Gasteiger charge is -2.23. The van der Waals surface area contributed by atoms with E-state index in [1.165, 1.54) is 12.8 Å². The summed E-state index contributed by atoms with van der Waals surface area (Å²) in [6.45, 7) is 1.35. The smallest absolute Gasteiger partial charge is 0.227 e. The van der Waals surface area contributed by atoms with Crippen molar-refractivity contribution in [1.29, 1.82) is 0 Å². The van der Waals surface area contributed by atoms with Crippen LogP contribution in [0.1, 0.15) is 43.6 Å². The molecular weight excluding hydrogens is 286 g/mol. The monoisotopic (exact) mass is 309 g/mol. The molecule has 0 spiro atoms. The molecule has 1 aliphatic carbocycles. The maximum atomic E-state index is 12.6. The molecular formula is C17H24ClNO2. The molecule has 0 radical (unpaired) electrons. The Bertz CT molecular complexity index is 441. The standard InChI is InChI=1S/C17H24ClNO2/c1-21-12-4-11-19-17(20)16(13-5-2-3-6-13)14-7-9-15(18)10-8-14/h7-10,13,16H,2-6,11-12H2,1H3,(H,19,20). The zero-order valence-electron chi connectivity index (χ0n) is 12.6. The van der Waals surface area contributed by atoms with Gasteiger partial charge in [-0.15, -0.1) is 0 Å². The van der Waals surface area contributed by atoms with Crippen molar-refractivity contribution >= 4 is 17.5 Å². The van der Waals surface area contributed by atoms with Crippen LogP contribution in [-0.4, -0.2) is 26.2 Å². The van der Waals surface area contributed by atoms with E-state index in [9.17, 15) is 4.79 Å². The minimum atomic E-state index is -0.0488. The highest BCUT2D eigenvalue weighted by Crippen LogP contribution is 2.37. The third-order valence-electron chi connectivity index (χ3n) is 4.21. The van der Waals surface area contributed by atoms with Crippen molar-refractivity contribution in [2.45, 2.75) is 38.0 Å². The Morgan fingerprint density at radius 3 is 2.62 bits per heavy atom. The summed E-state index contributed by atoms with van der Waals surface area (Å²) in [6, 6.07) is 7.72. The molecule has 21 heavy (non-hydrogen) atoms. The fourth-order valence-corrected chi connectivity index (χ4v) is 3.26. The fourth-order valence-electron chi connectivity index (χ4n) is 3.14. The van der Waals surface area contributed by atoms with Gasteiger partial charge in [-0.3, -0.25) is 4.79 Å². The van der Waals surface area contributed by atoms with Crippen LogP contribution in [0.4, 0.5) is 0 Å². The van der Waals surface area contributed by atoms with Crippen LogP contribution in [0.5, 0.6) is 0 Å². The van der Waals surface area contributed by atoms with Crippen molar-refractivity contribution in [3.63, 3.8) is 0 Å². The van der Waals surface area contributed by atoms with Crippen molar-refractivity contribution < 1.29 is 9.53 Å². The number of rotatable bonds is 7. The molecule has 1 N–H and O–H groups in total. The van der Waals surface area contributed by atoms with E-state index in [0.717, 1.165) is 24.8 Å². The van der Waals surface area contributed by atoms with Crippen molar-refractivity contribution in [1.82, 2.24) is 5.32 Å². The Labute approximate surface area is 132 Å². The van der Waals surface area contributed by atoms with Crippen LogP contribution >= 0.6 is 11.6 Å². The molecule has 1 aromatic rings. The lowest BCUT2D eigenvalue weighted by atomic mass is 9.84. The fraction of sp³-hybridized carbons (Fsp3) is 0.588. The molecule has 1 fully saturated rings. The van der Waals surface area contributed by atoms with Gasteiger partial charge in [0.25, 0.3) is 0 Å². The third kappa shape index (κ3) is 4.72. The van der Waals surface area contributed by atoms with Crippen molar-refractivity contribution in [2.24, 2.45) is 5.92 Å². The number of nitrogens with one attached hydrogen (secondary N) is 1. The minimum Gasteiger partial charge on any atom is -0.385 e. The predicted octanol–water partition coefficient (Wildman–Crippen LogP) is 3.77. The first-order valence-electron chi connectivity index (χ1n) is 7.74. The van der Waals surface area contributed by atoms with Gasteiger partial charge in [-0.1, -0.05) is 36.6 Å². The molecule has 0 bridgehead atoms. The van der Waals surface area contributed by atoms with E-state index in [2.05, 4.69) is 5.32 Å². The van der Waals surface area contributed by atoms with Gasteiger partial charge in [-0.2, -0.15) is 0 Å². The Morgan fingerprint density at radius 2 is 2.00 bits per heavy atom. The van der Waals surface area contributed by atoms with E-state index in [1.54, 1.807) is 7.11 Å². The van der Waals surface area contributed by atoms with Crippen LogP contribution in [0.2, 0.25) is 5.02 Å². The molecule has 3 nitrogen and oxygen atoms in total. The SMILES string of the molecule is COCCCNC(=O)C(c1ccc(Cl)cc1)C1CCCC1. The molecule has 1 aromatic carbocycles. The van der Waals surface area contributed by atoms with Gasteiger partial charge in [0.1, 0.15) is 0 Å². The van der Waals surface area contributed by atoms with E-state index < -0.39 is 0 Å². The lowest BCUT2D eigenvalue weighted by Crippen LogP contribution is -2.33. The zero-order valence-corrected chi connectivity index (χ0v) is 13.4. The molecule has 0 heterocycles. The first kappa shape index (κ1) is 16.3. The Morgan fingerprint density at radius 1 is 1.33 bits per heavy atom. The number of methoxy groups -OCH3 is 1. The number of amides is 1. The van der Waals surface area contributed by atoms with E-state index in [1.807, 2.05) is 24.3 Å². The second-order valence-corrected chi connectivity index (χ2v) is 6.15. The molecule has 0 saturated heterocycles. The first-order valence-corrected chi connectivity index (χ1v) is 8.12. The maximum Gasteiger partial charge on any atom is 0.227 e. The first-order chi connectivity index (χ1) is 10.2. The molecule has 0 aliphatic heterocycles. The van der Waals surface area contributed by atoms with Gasteiger partial charge in [0.15, 0.2) is 0 Å². The summed E-state index contributed by atoms with van der Waals surface area (Å²) in [5.74, 6) is 0.543. The van der Waals surface area contributed by atoms with E-state index in [-0.39, 0.29) is 11.8 Å². The number of halogens is 1. The normalized spacial score (nSPS) is 16.9. The van der Waals surface area contributed by atoms with Crippen LogP contribution in [0, 0.1) is 5.92 Å². The Kier molecular flexibility index (Phi) is 6.52. The maximum absolute atomic E-state index is 12.6. The summed E-state index contributed by atoms with van der Waals surface area (Å²) >= 11 is 5.96. The van der Waals surface area contributed by atoms with Gasteiger partial charge >= 0.3 is 0 Å². The topological polar surface area (TPSA) is 38.3 Å². The summed E-state index contributed by atoms with van der Waals surface area (Å²) < 4.78 is 5.02. The van der Waals surface area contributed by atoms with Gasteiger partial charge in [-0.25, -0.2) is 0 Å². The average Bonchev–Trinajstić information content (AvgIpc) is 3.00. The summed E-state index contributed by atoms with van der Waals surface area (Å²) in [5, 5.41) is 3.77. The number of hydrogen-bond donors (Lipinski definition) is 1. The van der Waals surface area contributed by atoms with Crippen molar-refractivity contribution in [3.05, 3.63) is 34.9 Å². The highest BCUT2D eigenvalue weighted by molar-refractivity contribution is 6.30. The van der Waals surface area contributed by atoms with E-state index in [4.69, 9.17) is 16.3 Å². The van der Waals surface area contributed by atoms with Crippen LogP contribution in [0.3, 0.4) is 0 Å². The van der Waals surface area contributed by atoms with Crippen LogP contribution in [0.25, 0.3) is 0 Å². The molecule has 116 valence electrons. The molecule has 0 aromatic heterocycles. The van der Waals surface area contributed by atoms with Gasteiger partial charge in [0.2, 0.25) is 5.91 Å². The minimum absolute atomic E-state index is 0.0488. The van der Waals surface area contributed by atoms with Crippen LogP contribution < -0.4 is 5.32 Å². The quantitative estimate of drug-likeness (QED) is 0.779. The highest BCUT2D eigenvalue weighted by Gasteiger charge is 2.31. The number of hydrogen-bond acceptors (Lipinski definition) is 2. The summed E-state index contributed by atoms with van der Waals surface area (Å²) in [7, 11) is 1.68. The molecule has 1 saturated carbocycles. The molecule has 2 rings (SSSR count). The lowest BCUT2D eigenvalue weighted by molar-refractivity contribution is -0.123. The van der Waals surface area contributed by atoms with E-state index >= 15 is 0 Å². The van der Waals surface area contributed by atoms with Gasteiger partial charge in [-0.05, 0) is 42.9 Å². The molecule has 1 aliphatic rings. The summed E-state index contributed by atoms with van der Waals surface area (Å²) in [6.07, 6.45) is 5.58. The van der Waals surface area contributed by atoms with E-state index in [0.29, 0.717) is 24.1 Å². The average molecular weight is 310 g/mol. The third-order valence-corrected chi connectivity index (χ3v) is 4.46. The number of benzene rings is 1. The van der Waals surface area contributed by atoms with Crippen molar-refractivity contribution in [2.75, 3.05) is 20.3 Å². The van der Waals surface area contributed by atoms with Crippen LogP contribution in [0.15, 0.2) is 24.3 Å². The summed E-state index contributed by atoms with van der Waals surface area (Å²) in [5.41, 5.74) is 1.08. The molecule has 1 unspecified atom stereocenters. The predicted molar refractivity (Wildman–Crippen MR) is 85.7 cm³/mol. The van der Waals surface area contributed by atoms with Crippen molar-refractivity contribution in [3.8, 4) is 0 Å². The molecule has 1 atom stereocenters. The number of carbonyl (C=O) groups excluding carboxylic acids is 1. The van der Waals surface area contributed by atoms with Gasteiger partial charge in [0.05, 0.1) is 5.92 Å². The largest absolute Gasteiger partial charge is 0.385 e. The Balaban J connectivity index is 2.04. The van der Waals surface area contributed by atoms with Gasteiger partial charge < -0.3 is 10.1 Å². The number of carbonyl (C=O) groups is 1. The summed E-state index contributed by atoms with van der Waals surface area (Å²) in [4.78, 5) is 12.6. The number of ether oxygens (including phenoxy) is 1. The highest BCUT2D eigenvalue weighted by atomic mass is 35.5. The second kappa shape index (κ2) is 8.40.